The van der Waals surface area contributed by atoms with Gasteiger partial charge in [0.15, 0.2) is 0 Å². The average Bonchev–Trinajstić information content (AvgIpc) is 2.66. The molecule has 0 saturated carbocycles. The van der Waals surface area contributed by atoms with Crippen LogP contribution in [-0.4, -0.2) is 18.9 Å². The second-order valence-corrected chi connectivity index (χ2v) is 7.99. The van der Waals surface area contributed by atoms with Gasteiger partial charge in [-0.15, -0.1) is 0 Å². The third kappa shape index (κ3) is 3.40. The maximum absolute atomic E-state index is 12.5. The van der Waals surface area contributed by atoms with Gasteiger partial charge < -0.3 is 4.18 Å². The van der Waals surface area contributed by atoms with Crippen molar-refractivity contribution in [3.8, 4) is 17.0 Å². The van der Waals surface area contributed by atoms with Gasteiger partial charge in [0, 0.05) is 17.3 Å². The number of hydrogen-bond donors (Lipinski definition) is 0. The molecule has 0 aliphatic heterocycles. The van der Waals surface area contributed by atoms with Gasteiger partial charge in [0.2, 0.25) is 5.88 Å². The fourth-order valence-electron chi connectivity index (χ4n) is 3.31. The molecule has 0 aliphatic carbocycles. The summed E-state index contributed by atoms with van der Waals surface area (Å²) in [7, 11) is -5.77. The summed E-state index contributed by atoms with van der Waals surface area (Å²) in [6.45, 7) is 1.59. The van der Waals surface area contributed by atoms with Gasteiger partial charge in [-0.05, 0) is 46.2 Å². The van der Waals surface area contributed by atoms with Crippen LogP contribution in [0.2, 0.25) is 0 Å². The Bertz CT molecular complexity index is 1350. The van der Waals surface area contributed by atoms with Gasteiger partial charge in [-0.1, -0.05) is 48.5 Å². The first-order valence-corrected chi connectivity index (χ1v) is 9.97. The number of pyridine rings is 1. The van der Waals surface area contributed by atoms with Crippen LogP contribution in [0.3, 0.4) is 0 Å². The second kappa shape index (κ2) is 6.73. The van der Waals surface area contributed by atoms with E-state index in [1.54, 1.807) is 6.92 Å². The average molecular weight is 417 g/mol. The standard InChI is InChI=1S/C21H14F3NO3S/c1-13-15(10-11-20(25-13)28-29(26,27)21(22,23)24)19-12-14-6-2-3-7-16(14)17-8-4-5-9-18(17)19/h2-12H,1H3. The lowest BCUT2D eigenvalue weighted by Gasteiger charge is -2.14. The van der Waals surface area contributed by atoms with E-state index < -0.39 is 21.5 Å². The maximum Gasteiger partial charge on any atom is 0.534 e. The molecule has 0 fully saturated rings. The second-order valence-electron chi connectivity index (χ2n) is 6.46. The van der Waals surface area contributed by atoms with Crippen LogP contribution in [0.25, 0.3) is 32.7 Å². The molecule has 0 bridgehead atoms. The summed E-state index contributed by atoms with van der Waals surface area (Å²) < 4.78 is 64.2. The smallest absolute Gasteiger partial charge is 0.355 e. The zero-order chi connectivity index (χ0) is 20.8. The Hall–Kier alpha value is -3.13. The molecule has 4 rings (SSSR count). The van der Waals surface area contributed by atoms with Crippen LogP contribution in [0.5, 0.6) is 5.88 Å². The zero-order valence-electron chi connectivity index (χ0n) is 15.1. The molecule has 8 heteroatoms. The first kappa shape index (κ1) is 19.2. The van der Waals surface area contributed by atoms with E-state index in [4.69, 9.17) is 0 Å². The summed E-state index contributed by atoms with van der Waals surface area (Å²) in [4.78, 5) is 3.93. The topological polar surface area (TPSA) is 56.3 Å². The lowest BCUT2D eigenvalue weighted by molar-refractivity contribution is -0.0501. The molecule has 1 heterocycles. The molecule has 29 heavy (non-hydrogen) atoms. The van der Waals surface area contributed by atoms with E-state index in [-0.39, 0.29) is 0 Å². The molecule has 3 aromatic carbocycles. The van der Waals surface area contributed by atoms with Crippen LogP contribution in [0, 0.1) is 6.92 Å². The first-order valence-electron chi connectivity index (χ1n) is 8.57. The first-order chi connectivity index (χ1) is 13.7. The van der Waals surface area contributed by atoms with Crippen molar-refractivity contribution in [2.75, 3.05) is 0 Å². The van der Waals surface area contributed by atoms with Crippen molar-refractivity contribution in [1.29, 1.82) is 0 Å². The SMILES string of the molecule is Cc1nc(OS(=O)(=O)C(F)(F)F)ccc1-c1cc2ccccc2c2ccccc12. The maximum atomic E-state index is 12.5. The number of rotatable bonds is 3. The minimum atomic E-state index is -5.77. The van der Waals surface area contributed by atoms with E-state index in [1.807, 2.05) is 54.6 Å². The van der Waals surface area contributed by atoms with Gasteiger partial charge in [0.1, 0.15) is 0 Å². The fraction of sp³-hybridized carbons (Fsp3) is 0.0952. The van der Waals surface area contributed by atoms with E-state index in [0.717, 1.165) is 33.2 Å². The molecular formula is C21H14F3NO3S. The van der Waals surface area contributed by atoms with Gasteiger partial charge in [-0.25, -0.2) is 4.98 Å². The monoisotopic (exact) mass is 417 g/mol. The minimum Gasteiger partial charge on any atom is -0.355 e. The van der Waals surface area contributed by atoms with Crippen LogP contribution >= 0.6 is 0 Å². The van der Waals surface area contributed by atoms with Crippen LogP contribution in [0.1, 0.15) is 5.69 Å². The summed E-state index contributed by atoms with van der Waals surface area (Å²) in [5.41, 5.74) is -3.66. The molecule has 0 saturated heterocycles. The summed E-state index contributed by atoms with van der Waals surface area (Å²) in [6, 6.07) is 20.3. The normalized spacial score (nSPS) is 12.4. The van der Waals surface area contributed by atoms with E-state index in [2.05, 4.69) is 9.17 Å². The van der Waals surface area contributed by atoms with Crippen LogP contribution in [0.15, 0.2) is 66.7 Å². The van der Waals surface area contributed by atoms with E-state index in [9.17, 15) is 21.6 Å². The lowest BCUT2D eigenvalue weighted by Crippen LogP contribution is -2.28. The Labute approximate surface area is 164 Å². The quantitative estimate of drug-likeness (QED) is 0.248. The Morgan fingerprint density at radius 2 is 1.45 bits per heavy atom. The summed E-state index contributed by atoms with van der Waals surface area (Å²) >= 11 is 0. The van der Waals surface area contributed by atoms with E-state index in [0.29, 0.717) is 11.3 Å². The Kier molecular flexibility index (Phi) is 4.46. The summed E-state index contributed by atoms with van der Waals surface area (Å²) in [5, 5.41) is 4.06. The highest BCUT2D eigenvalue weighted by atomic mass is 32.2. The minimum absolute atomic E-state index is 0.348. The largest absolute Gasteiger partial charge is 0.534 e. The Morgan fingerprint density at radius 1 is 0.828 bits per heavy atom. The fourth-order valence-corrected chi connectivity index (χ4v) is 3.72. The van der Waals surface area contributed by atoms with Crippen molar-refractivity contribution < 1.29 is 25.8 Å². The number of alkyl halides is 3. The third-order valence-electron chi connectivity index (χ3n) is 4.60. The number of fused-ring (bicyclic) bond motifs is 3. The van der Waals surface area contributed by atoms with Crippen molar-refractivity contribution in [2.24, 2.45) is 0 Å². The Morgan fingerprint density at radius 3 is 2.10 bits per heavy atom. The molecule has 0 spiro atoms. The summed E-state index contributed by atoms with van der Waals surface area (Å²) in [5.74, 6) is -0.631. The van der Waals surface area contributed by atoms with Crippen molar-refractivity contribution >= 4 is 31.7 Å². The molecule has 4 nitrogen and oxygen atoms in total. The van der Waals surface area contributed by atoms with Crippen molar-refractivity contribution in [2.45, 2.75) is 12.4 Å². The number of hydrogen-bond acceptors (Lipinski definition) is 4. The molecule has 1 aromatic heterocycles. The zero-order valence-corrected chi connectivity index (χ0v) is 15.9. The van der Waals surface area contributed by atoms with Gasteiger partial charge in [0.25, 0.3) is 0 Å². The van der Waals surface area contributed by atoms with Gasteiger partial charge in [-0.2, -0.15) is 21.6 Å². The van der Waals surface area contributed by atoms with Gasteiger partial charge in [-0.3, -0.25) is 0 Å². The van der Waals surface area contributed by atoms with Gasteiger partial charge in [0.05, 0.1) is 0 Å². The van der Waals surface area contributed by atoms with Crippen molar-refractivity contribution in [1.82, 2.24) is 4.98 Å². The Balaban J connectivity index is 1.86. The van der Waals surface area contributed by atoms with Crippen molar-refractivity contribution in [3.05, 3.63) is 72.4 Å². The number of halogens is 3. The van der Waals surface area contributed by atoms with Gasteiger partial charge >= 0.3 is 15.6 Å². The molecule has 4 aromatic rings. The molecule has 0 radical (unpaired) electrons. The van der Waals surface area contributed by atoms with E-state index >= 15 is 0 Å². The lowest BCUT2D eigenvalue weighted by atomic mass is 9.93. The predicted octanol–water partition coefficient (Wildman–Crippen LogP) is 5.59. The van der Waals surface area contributed by atoms with Crippen LogP contribution in [0.4, 0.5) is 13.2 Å². The third-order valence-corrected chi connectivity index (χ3v) is 5.55. The molecule has 0 aliphatic rings. The van der Waals surface area contributed by atoms with Crippen LogP contribution < -0.4 is 4.18 Å². The predicted molar refractivity (Wildman–Crippen MR) is 105 cm³/mol. The number of nitrogens with zero attached hydrogens (tertiary/aromatic N) is 1. The molecule has 0 N–H and O–H groups in total. The van der Waals surface area contributed by atoms with E-state index in [1.165, 1.54) is 6.07 Å². The summed E-state index contributed by atoms with van der Waals surface area (Å²) in [6.07, 6.45) is 0. The highest BCUT2D eigenvalue weighted by Crippen LogP contribution is 2.36. The molecular weight excluding hydrogens is 403 g/mol. The van der Waals surface area contributed by atoms with Crippen LogP contribution in [-0.2, 0) is 10.1 Å². The molecule has 148 valence electrons. The number of aryl methyl sites for hydroxylation is 1. The molecule has 0 unspecified atom stereocenters. The highest BCUT2D eigenvalue weighted by molar-refractivity contribution is 7.87. The van der Waals surface area contributed by atoms with Crippen molar-refractivity contribution in [3.63, 3.8) is 0 Å². The highest BCUT2D eigenvalue weighted by Gasteiger charge is 2.48. The number of aromatic nitrogens is 1. The molecule has 0 amide bonds. The molecule has 0 atom stereocenters. The number of benzene rings is 3.